The van der Waals surface area contributed by atoms with Gasteiger partial charge in [-0.05, 0) is 44.9 Å². The molecule has 0 saturated heterocycles. The van der Waals surface area contributed by atoms with Crippen molar-refractivity contribution in [3.63, 3.8) is 0 Å². The quantitative estimate of drug-likeness (QED) is 0.144. The number of phosphoric acid groups is 1. The number of rotatable bonds is 19. The molecule has 0 saturated carbocycles. The molecule has 0 aliphatic rings. The van der Waals surface area contributed by atoms with Crippen LogP contribution >= 0.6 is 7.82 Å². The lowest BCUT2D eigenvalue weighted by molar-refractivity contribution is -0.142. The minimum Gasteiger partial charge on any atom is -0.480 e. The van der Waals surface area contributed by atoms with Crippen molar-refractivity contribution in [3.05, 3.63) is 72.9 Å². The number of allylic oxidation sites excluding steroid dienone is 12. The lowest BCUT2D eigenvalue weighted by Gasteiger charge is -2.14. The lowest BCUT2D eigenvalue weighted by Crippen LogP contribution is -2.43. The average molecular weight is 496 g/mol. The van der Waals surface area contributed by atoms with Gasteiger partial charge in [0.2, 0.25) is 5.91 Å². The lowest BCUT2D eigenvalue weighted by atomic mass is 10.2. The minimum absolute atomic E-state index is 0.0574. The first-order valence-corrected chi connectivity index (χ1v) is 12.9. The van der Waals surface area contributed by atoms with Gasteiger partial charge >= 0.3 is 13.8 Å². The number of amides is 1. The maximum atomic E-state index is 11.8. The first kappa shape index (κ1) is 31.5. The van der Waals surface area contributed by atoms with Gasteiger partial charge in [0.05, 0.1) is 6.61 Å². The standard InChI is InChI=1S/C25H38NO7P/c1-2-3-4-5-6-7-8-9-10-11-12-13-14-15-16-17-18-19-20-21-24(27)26-23(25(28)29)22-33-34(30,31)32/h3-4,6-7,9-10,12-13,15-16,18-19,23H,2,5,8,11,14,17,20-22H2,1H3,(H,26,27)(H,28,29)(H2,30,31,32)/b4-3+,7-6+,10-9+,13-12+,16-15+,19-18+/t23-/m0/s1. The van der Waals surface area contributed by atoms with Crippen LogP contribution in [0, 0.1) is 0 Å². The molecular weight excluding hydrogens is 457 g/mol. The van der Waals surface area contributed by atoms with Crippen LogP contribution in [-0.4, -0.2) is 39.4 Å². The van der Waals surface area contributed by atoms with Gasteiger partial charge in [0.1, 0.15) is 0 Å². The summed E-state index contributed by atoms with van der Waals surface area (Å²) in [6.45, 7) is 1.31. The summed E-state index contributed by atoms with van der Waals surface area (Å²) in [7, 11) is -4.80. The van der Waals surface area contributed by atoms with Crippen molar-refractivity contribution in [2.45, 2.75) is 64.3 Å². The summed E-state index contributed by atoms with van der Waals surface area (Å²) in [5.74, 6) is -1.98. The predicted molar refractivity (Wildman–Crippen MR) is 135 cm³/mol. The van der Waals surface area contributed by atoms with Gasteiger partial charge in [-0.15, -0.1) is 0 Å². The van der Waals surface area contributed by atoms with Crippen molar-refractivity contribution in [3.8, 4) is 0 Å². The van der Waals surface area contributed by atoms with Crippen LogP contribution in [0.3, 0.4) is 0 Å². The van der Waals surface area contributed by atoms with Gasteiger partial charge in [0.15, 0.2) is 6.04 Å². The van der Waals surface area contributed by atoms with Crippen LogP contribution in [0.2, 0.25) is 0 Å². The summed E-state index contributed by atoms with van der Waals surface area (Å²) in [6, 6.07) is -1.52. The van der Waals surface area contributed by atoms with Gasteiger partial charge in [-0.1, -0.05) is 79.8 Å². The molecule has 0 aliphatic carbocycles. The Morgan fingerprint density at radius 3 is 1.59 bits per heavy atom. The number of hydrogen-bond donors (Lipinski definition) is 4. The van der Waals surface area contributed by atoms with Crippen LogP contribution < -0.4 is 5.32 Å². The van der Waals surface area contributed by atoms with E-state index in [0.717, 1.165) is 38.5 Å². The zero-order valence-electron chi connectivity index (χ0n) is 19.8. The van der Waals surface area contributed by atoms with Crippen LogP contribution in [0.15, 0.2) is 72.9 Å². The Balaban J connectivity index is 3.88. The normalized spacial score (nSPS) is 14.0. The van der Waals surface area contributed by atoms with Crippen molar-refractivity contribution >= 4 is 19.7 Å². The highest BCUT2D eigenvalue weighted by Crippen LogP contribution is 2.35. The maximum Gasteiger partial charge on any atom is 0.469 e. The molecule has 0 spiro atoms. The Hall–Kier alpha value is -2.51. The monoisotopic (exact) mass is 495 g/mol. The van der Waals surface area contributed by atoms with Gasteiger partial charge in [-0.2, -0.15) is 0 Å². The molecule has 0 radical (unpaired) electrons. The SMILES string of the molecule is CC/C=C/C/C=C/C/C=C/C/C=C/C/C=C/C/C=C/CCC(=O)N[C@@H](COP(=O)(O)O)C(=O)O. The van der Waals surface area contributed by atoms with Crippen LogP contribution in [0.25, 0.3) is 0 Å². The molecular formula is C25H38NO7P. The van der Waals surface area contributed by atoms with E-state index in [-0.39, 0.29) is 6.42 Å². The molecule has 0 unspecified atom stereocenters. The Morgan fingerprint density at radius 2 is 1.21 bits per heavy atom. The second-order valence-electron chi connectivity index (χ2n) is 7.20. The van der Waals surface area contributed by atoms with Gasteiger partial charge in [-0.3, -0.25) is 9.32 Å². The van der Waals surface area contributed by atoms with E-state index in [2.05, 4.69) is 71.4 Å². The summed E-state index contributed by atoms with van der Waals surface area (Å²) in [5, 5.41) is 11.1. The molecule has 190 valence electrons. The molecule has 0 aromatic rings. The van der Waals surface area contributed by atoms with E-state index in [1.807, 2.05) is 18.2 Å². The molecule has 34 heavy (non-hydrogen) atoms. The highest BCUT2D eigenvalue weighted by Gasteiger charge is 2.24. The first-order valence-electron chi connectivity index (χ1n) is 11.4. The topological polar surface area (TPSA) is 133 Å². The van der Waals surface area contributed by atoms with Crippen LogP contribution in [0.4, 0.5) is 0 Å². The average Bonchev–Trinajstić information content (AvgIpc) is 2.77. The number of nitrogens with one attached hydrogen (secondary N) is 1. The van der Waals surface area contributed by atoms with Gasteiger partial charge in [0.25, 0.3) is 0 Å². The fourth-order valence-electron chi connectivity index (χ4n) is 2.47. The molecule has 1 amide bonds. The summed E-state index contributed by atoms with van der Waals surface area (Å²) in [6.07, 6.45) is 31.0. The Bertz CT molecular complexity index is 791. The minimum atomic E-state index is -4.80. The second-order valence-corrected chi connectivity index (χ2v) is 8.44. The molecule has 9 heteroatoms. The smallest absolute Gasteiger partial charge is 0.469 e. The third-order valence-corrected chi connectivity index (χ3v) is 4.66. The molecule has 0 aromatic heterocycles. The molecule has 0 rings (SSSR count). The fraction of sp³-hybridized carbons (Fsp3) is 0.440. The second kappa shape index (κ2) is 21.1. The number of carbonyl (C=O) groups is 2. The number of aliphatic carboxylic acids is 1. The van der Waals surface area contributed by atoms with Gasteiger partial charge < -0.3 is 20.2 Å². The van der Waals surface area contributed by atoms with Crippen molar-refractivity contribution < 1.29 is 33.6 Å². The highest BCUT2D eigenvalue weighted by atomic mass is 31.2. The summed E-state index contributed by atoms with van der Waals surface area (Å²) < 4.78 is 14.8. The Labute approximate surface area is 202 Å². The summed E-state index contributed by atoms with van der Waals surface area (Å²) in [5.41, 5.74) is 0. The third-order valence-electron chi connectivity index (χ3n) is 4.18. The first-order chi connectivity index (χ1) is 16.3. The number of carboxylic acids is 1. The van der Waals surface area contributed by atoms with E-state index in [4.69, 9.17) is 14.9 Å². The van der Waals surface area contributed by atoms with Gasteiger partial charge in [0, 0.05) is 6.42 Å². The zero-order valence-corrected chi connectivity index (χ0v) is 20.7. The van der Waals surface area contributed by atoms with Crippen molar-refractivity contribution in [2.75, 3.05) is 6.61 Å². The summed E-state index contributed by atoms with van der Waals surface area (Å²) >= 11 is 0. The molecule has 0 aromatic carbocycles. The van der Waals surface area contributed by atoms with E-state index >= 15 is 0 Å². The molecule has 0 fully saturated rings. The number of phosphoric ester groups is 1. The van der Waals surface area contributed by atoms with E-state index < -0.39 is 32.3 Å². The molecule has 8 nitrogen and oxygen atoms in total. The Morgan fingerprint density at radius 1 is 0.794 bits per heavy atom. The van der Waals surface area contributed by atoms with E-state index in [1.54, 1.807) is 0 Å². The van der Waals surface area contributed by atoms with Crippen molar-refractivity contribution in [2.24, 2.45) is 0 Å². The third kappa shape index (κ3) is 22.7. The fourth-order valence-corrected chi connectivity index (χ4v) is 2.81. The van der Waals surface area contributed by atoms with E-state index in [0.29, 0.717) is 6.42 Å². The number of carbonyl (C=O) groups excluding carboxylic acids is 1. The van der Waals surface area contributed by atoms with Crippen molar-refractivity contribution in [1.29, 1.82) is 0 Å². The van der Waals surface area contributed by atoms with E-state index in [9.17, 15) is 14.2 Å². The van der Waals surface area contributed by atoms with E-state index in [1.165, 1.54) is 0 Å². The van der Waals surface area contributed by atoms with Crippen molar-refractivity contribution in [1.82, 2.24) is 5.32 Å². The van der Waals surface area contributed by atoms with Gasteiger partial charge in [-0.25, -0.2) is 9.36 Å². The highest BCUT2D eigenvalue weighted by molar-refractivity contribution is 7.46. The summed E-state index contributed by atoms with van der Waals surface area (Å²) in [4.78, 5) is 40.0. The largest absolute Gasteiger partial charge is 0.480 e. The molecule has 0 aliphatic heterocycles. The number of carboxylic acid groups (broad SMARTS) is 1. The van der Waals surface area contributed by atoms with Crippen LogP contribution in [-0.2, 0) is 18.7 Å². The predicted octanol–water partition coefficient (Wildman–Crippen LogP) is 5.14. The van der Waals surface area contributed by atoms with Crippen LogP contribution in [0.5, 0.6) is 0 Å². The zero-order chi connectivity index (χ0) is 25.5. The maximum absolute atomic E-state index is 11.8. The number of hydrogen-bond acceptors (Lipinski definition) is 4. The molecule has 0 bridgehead atoms. The Kier molecular flexibility index (Phi) is 19.5. The molecule has 4 N–H and O–H groups in total. The molecule has 0 heterocycles. The van der Waals surface area contributed by atoms with Crippen LogP contribution in [0.1, 0.15) is 58.3 Å². The molecule has 1 atom stereocenters.